The second-order valence-corrected chi connectivity index (χ2v) is 8.27. The van der Waals surface area contributed by atoms with E-state index in [1.54, 1.807) is 0 Å². The highest BCUT2D eigenvalue weighted by atomic mass is 15.0. The third-order valence-electron chi connectivity index (χ3n) is 6.16. The highest BCUT2D eigenvalue weighted by molar-refractivity contribution is 5.47. The van der Waals surface area contributed by atoms with Crippen molar-refractivity contribution in [3.8, 4) is 0 Å². The minimum absolute atomic E-state index is 0.420. The molecule has 1 nitrogen and oxygen atoms in total. The van der Waals surface area contributed by atoms with E-state index in [0.717, 1.165) is 5.92 Å². The highest BCUT2D eigenvalue weighted by Crippen LogP contribution is 2.63. The second kappa shape index (κ2) is 4.51. The van der Waals surface area contributed by atoms with Gasteiger partial charge in [-0.3, -0.25) is 0 Å². The summed E-state index contributed by atoms with van der Waals surface area (Å²) in [5, 5.41) is 3.87. The van der Waals surface area contributed by atoms with E-state index < -0.39 is 0 Å². The quantitative estimate of drug-likeness (QED) is 0.772. The van der Waals surface area contributed by atoms with Crippen LogP contribution in [0.5, 0.6) is 0 Å². The van der Waals surface area contributed by atoms with Crippen molar-refractivity contribution in [3.63, 3.8) is 0 Å². The van der Waals surface area contributed by atoms with Gasteiger partial charge in [0, 0.05) is 11.7 Å². The fraction of sp³-hybridized carbons (Fsp3) is 0.684. The molecular weight excluding hydrogens is 242 g/mol. The summed E-state index contributed by atoms with van der Waals surface area (Å²) in [6.45, 7) is 11.9. The van der Waals surface area contributed by atoms with Crippen LogP contribution in [-0.4, -0.2) is 6.04 Å². The first-order chi connectivity index (χ1) is 9.33. The SMILES string of the molecule is CC(C)c1ccc(NC2C3(C)CCC(C3)C2(C)C)cc1. The van der Waals surface area contributed by atoms with Crippen LogP contribution in [0.25, 0.3) is 0 Å². The Morgan fingerprint density at radius 2 is 1.75 bits per heavy atom. The Bertz CT molecular complexity index is 480. The Hall–Kier alpha value is -0.980. The zero-order chi connectivity index (χ0) is 14.5. The summed E-state index contributed by atoms with van der Waals surface area (Å²) in [5.41, 5.74) is 3.63. The first-order valence-corrected chi connectivity index (χ1v) is 8.19. The number of hydrogen-bond acceptors (Lipinski definition) is 1. The predicted molar refractivity (Wildman–Crippen MR) is 87.2 cm³/mol. The number of benzene rings is 1. The van der Waals surface area contributed by atoms with Crippen molar-refractivity contribution < 1.29 is 0 Å². The minimum Gasteiger partial charge on any atom is -0.381 e. The van der Waals surface area contributed by atoms with Crippen LogP contribution in [0.4, 0.5) is 5.69 Å². The molecule has 110 valence electrons. The molecule has 0 aromatic heterocycles. The molecule has 20 heavy (non-hydrogen) atoms. The van der Waals surface area contributed by atoms with Crippen molar-refractivity contribution in [2.45, 2.75) is 65.8 Å². The molecule has 3 unspecified atom stereocenters. The standard InChI is InChI=1S/C19H29N/c1-13(2)14-6-8-16(9-7-14)20-17-18(3,4)15-10-11-19(17,5)12-15/h6-9,13,15,17,20H,10-12H2,1-5H3. The van der Waals surface area contributed by atoms with Crippen LogP contribution in [0.1, 0.15) is 65.4 Å². The van der Waals surface area contributed by atoms with Crippen LogP contribution >= 0.6 is 0 Å². The Morgan fingerprint density at radius 1 is 1.10 bits per heavy atom. The summed E-state index contributed by atoms with van der Waals surface area (Å²) in [7, 11) is 0. The molecule has 0 saturated heterocycles. The first kappa shape index (κ1) is 14.0. The molecule has 2 bridgehead atoms. The lowest BCUT2D eigenvalue weighted by molar-refractivity contribution is 0.155. The largest absolute Gasteiger partial charge is 0.381 e. The normalized spacial score (nSPS) is 34.7. The average molecular weight is 271 g/mol. The van der Waals surface area contributed by atoms with Crippen molar-refractivity contribution in [2.24, 2.45) is 16.7 Å². The van der Waals surface area contributed by atoms with Crippen LogP contribution in [0.3, 0.4) is 0 Å². The topological polar surface area (TPSA) is 12.0 Å². The third kappa shape index (κ3) is 2.06. The van der Waals surface area contributed by atoms with Gasteiger partial charge in [0.15, 0.2) is 0 Å². The molecule has 2 fully saturated rings. The second-order valence-electron chi connectivity index (χ2n) is 8.27. The number of anilines is 1. The molecule has 3 rings (SSSR count). The number of fused-ring (bicyclic) bond motifs is 2. The summed E-state index contributed by atoms with van der Waals surface area (Å²) in [4.78, 5) is 0. The van der Waals surface area contributed by atoms with Gasteiger partial charge in [0.05, 0.1) is 0 Å². The molecule has 1 aromatic carbocycles. The Labute approximate surface area is 124 Å². The Balaban J connectivity index is 1.80. The molecule has 0 heterocycles. The number of hydrogen-bond donors (Lipinski definition) is 1. The van der Waals surface area contributed by atoms with E-state index in [-0.39, 0.29) is 0 Å². The van der Waals surface area contributed by atoms with Crippen LogP contribution in [0, 0.1) is 16.7 Å². The highest BCUT2D eigenvalue weighted by Gasteiger charge is 2.59. The minimum atomic E-state index is 0.420. The van der Waals surface area contributed by atoms with Crippen LogP contribution in [-0.2, 0) is 0 Å². The van der Waals surface area contributed by atoms with E-state index >= 15 is 0 Å². The van der Waals surface area contributed by atoms with E-state index in [2.05, 4.69) is 64.2 Å². The fourth-order valence-electron chi connectivity index (χ4n) is 4.79. The van der Waals surface area contributed by atoms with Gasteiger partial charge in [-0.2, -0.15) is 0 Å². The van der Waals surface area contributed by atoms with E-state index in [1.165, 1.54) is 30.5 Å². The van der Waals surface area contributed by atoms with Gasteiger partial charge >= 0.3 is 0 Å². The number of rotatable bonds is 3. The molecule has 3 atom stereocenters. The number of nitrogens with one attached hydrogen (secondary N) is 1. The molecule has 0 aliphatic heterocycles. The van der Waals surface area contributed by atoms with Gasteiger partial charge in [-0.1, -0.05) is 46.8 Å². The van der Waals surface area contributed by atoms with Crippen molar-refractivity contribution in [2.75, 3.05) is 5.32 Å². The summed E-state index contributed by atoms with van der Waals surface area (Å²) < 4.78 is 0. The summed E-state index contributed by atoms with van der Waals surface area (Å²) in [5.74, 6) is 1.51. The molecule has 1 heteroatoms. The van der Waals surface area contributed by atoms with Crippen LogP contribution < -0.4 is 5.32 Å². The lowest BCUT2D eigenvalue weighted by Gasteiger charge is -2.43. The van der Waals surface area contributed by atoms with Crippen molar-refractivity contribution >= 4 is 5.69 Å². The maximum atomic E-state index is 3.87. The molecule has 1 aromatic rings. The Morgan fingerprint density at radius 3 is 2.25 bits per heavy atom. The summed E-state index contributed by atoms with van der Waals surface area (Å²) >= 11 is 0. The zero-order valence-electron chi connectivity index (χ0n) is 13.7. The van der Waals surface area contributed by atoms with Gasteiger partial charge in [-0.05, 0) is 59.6 Å². The van der Waals surface area contributed by atoms with Crippen molar-refractivity contribution in [1.82, 2.24) is 0 Å². The molecule has 2 aliphatic carbocycles. The summed E-state index contributed by atoms with van der Waals surface area (Å²) in [6.07, 6.45) is 4.22. The molecule has 2 aliphatic rings. The van der Waals surface area contributed by atoms with Gasteiger partial charge in [-0.25, -0.2) is 0 Å². The third-order valence-corrected chi connectivity index (χ3v) is 6.16. The lowest BCUT2D eigenvalue weighted by Crippen LogP contribution is -2.45. The Kier molecular flexibility index (Phi) is 3.15. The smallest absolute Gasteiger partial charge is 0.0368 e. The van der Waals surface area contributed by atoms with Gasteiger partial charge in [0.1, 0.15) is 0 Å². The fourth-order valence-corrected chi connectivity index (χ4v) is 4.79. The van der Waals surface area contributed by atoms with E-state index in [4.69, 9.17) is 0 Å². The van der Waals surface area contributed by atoms with Gasteiger partial charge in [0.25, 0.3) is 0 Å². The van der Waals surface area contributed by atoms with Gasteiger partial charge in [0.2, 0.25) is 0 Å². The van der Waals surface area contributed by atoms with E-state index in [1.807, 2.05) is 0 Å². The molecule has 0 spiro atoms. The maximum absolute atomic E-state index is 3.87. The molecule has 1 N–H and O–H groups in total. The summed E-state index contributed by atoms with van der Waals surface area (Å²) in [6, 6.07) is 9.69. The van der Waals surface area contributed by atoms with Gasteiger partial charge < -0.3 is 5.32 Å². The molecule has 2 saturated carbocycles. The van der Waals surface area contributed by atoms with Crippen molar-refractivity contribution in [3.05, 3.63) is 29.8 Å². The van der Waals surface area contributed by atoms with E-state index in [0.29, 0.717) is 22.8 Å². The van der Waals surface area contributed by atoms with Crippen LogP contribution in [0.15, 0.2) is 24.3 Å². The zero-order valence-corrected chi connectivity index (χ0v) is 13.7. The maximum Gasteiger partial charge on any atom is 0.0368 e. The molecular formula is C19H29N. The molecule has 0 amide bonds. The monoisotopic (exact) mass is 271 g/mol. The average Bonchev–Trinajstić information content (AvgIpc) is 2.86. The predicted octanol–water partition coefficient (Wildman–Crippen LogP) is 5.44. The lowest BCUT2D eigenvalue weighted by atomic mass is 9.68. The van der Waals surface area contributed by atoms with Gasteiger partial charge in [-0.15, -0.1) is 0 Å². The molecule has 0 radical (unpaired) electrons. The van der Waals surface area contributed by atoms with Crippen LogP contribution in [0.2, 0.25) is 0 Å². The van der Waals surface area contributed by atoms with E-state index in [9.17, 15) is 0 Å². The van der Waals surface area contributed by atoms with Crippen molar-refractivity contribution in [1.29, 1.82) is 0 Å². The first-order valence-electron chi connectivity index (χ1n) is 8.19.